The molecule has 1 atom stereocenters. The molecule has 1 amide bonds. The highest BCUT2D eigenvalue weighted by molar-refractivity contribution is 5.95. The van der Waals surface area contributed by atoms with E-state index in [-0.39, 0.29) is 12.0 Å². The lowest BCUT2D eigenvalue weighted by molar-refractivity contribution is 0.0999. The molecule has 8 nitrogen and oxygen atoms in total. The molecule has 0 saturated carbocycles. The number of ether oxygens (including phenoxy) is 1. The molecular weight excluding hydrogens is 502 g/mol. The monoisotopic (exact) mass is 537 g/mol. The summed E-state index contributed by atoms with van der Waals surface area (Å²) in [5.74, 6) is 0.951. The Balaban J connectivity index is 1.62. The molecule has 2 heterocycles. The number of fused-ring (bicyclic) bond motifs is 1. The van der Waals surface area contributed by atoms with Crippen LogP contribution in [0, 0.1) is 0 Å². The van der Waals surface area contributed by atoms with Crippen LogP contribution in [0.2, 0.25) is 0 Å². The van der Waals surface area contributed by atoms with Gasteiger partial charge in [-0.1, -0.05) is 56.3 Å². The Labute approximate surface area is 234 Å². The number of rotatable bonds is 9. The topological polar surface area (TPSA) is 108 Å². The number of carbonyl (C=O) groups is 1. The second kappa shape index (κ2) is 11.0. The molecule has 0 aliphatic rings. The summed E-state index contributed by atoms with van der Waals surface area (Å²) in [4.78, 5) is 17.0. The predicted molar refractivity (Wildman–Crippen MR) is 157 cm³/mol. The van der Waals surface area contributed by atoms with Gasteiger partial charge in [-0.25, -0.2) is 4.98 Å². The summed E-state index contributed by atoms with van der Waals surface area (Å²) in [5, 5.41) is 16.5. The second-order valence-corrected chi connectivity index (χ2v) is 10.6. The number of nitrogens with two attached hydrogens (primary N) is 1. The van der Waals surface area contributed by atoms with Crippen LogP contribution in [-0.4, -0.2) is 36.4 Å². The van der Waals surface area contributed by atoms with Crippen LogP contribution in [0.3, 0.4) is 0 Å². The molecule has 0 unspecified atom stereocenters. The Hall–Kier alpha value is -4.43. The standard InChI is InChI=1S/C32H35N5O3/c1-19(2)30-29(34-32(36(30)5)24-15-14-22(31(33)39)16-28(24)40-20(3)4)23-12-9-13-26-25(23)17-37(35-26)18-27(38)21-10-7-6-8-11-21/h6-17,19-20,27,38H,18H2,1-5H3,(H2,33,39)/t27-/m0/s1. The van der Waals surface area contributed by atoms with Crippen molar-refractivity contribution in [1.29, 1.82) is 0 Å². The zero-order valence-electron chi connectivity index (χ0n) is 23.5. The van der Waals surface area contributed by atoms with Crippen molar-refractivity contribution in [1.82, 2.24) is 19.3 Å². The average Bonchev–Trinajstić information content (AvgIpc) is 3.49. The second-order valence-electron chi connectivity index (χ2n) is 10.6. The van der Waals surface area contributed by atoms with Crippen molar-refractivity contribution in [2.45, 2.75) is 52.4 Å². The fourth-order valence-electron chi connectivity index (χ4n) is 5.17. The van der Waals surface area contributed by atoms with Crippen LogP contribution in [0.5, 0.6) is 5.75 Å². The summed E-state index contributed by atoms with van der Waals surface area (Å²) in [5.41, 5.74) is 11.3. The van der Waals surface area contributed by atoms with E-state index in [0.717, 1.165) is 44.8 Å². The minimum atomic E-state index is -0.672. The van der Waals surface area contributed by atoms with Crippen LogP contribution in [0.15, 0.2) is 72.9 Å². The van der Waals surface area contributed by atoms with Crippen LogP contribution in [0.25, 0.3) is 33.5 Å². The SMILES string of the molecule is CC(C)Oc1cc(C(N)=O)ccc1-c1nc(-c2cccc3nn(C[C@H](O)c4ccccc4)cc23)c(C(C)C)n1C. The van der Waals surface area contributed by atoms with Gasteiger partial charge in [-0.15, -0.1) is 0 Å². The Morgan fingerprint density at radius 1 is 1.00 bits per heavy atom. The normalized spacial score (nSPS) is 12.4. The summed E-state index contributed by atoms with van der Waals surface area (Å²) in [7, 11) is 2.00. The molecule has 0 fully saturated rings. The highest BCUT2D eigenvalue weighted by Crippen LogP contribution is 2.39. The van der Waals surface area contributed by atoms with Crippen LogP contribution in [-0.2, 0) is 13.6 Å². The van der Waals surface area contributed by atoms with E-state index in [2.05, 4.69) is 24.5 Å². The molecule has 8 heteroatoms. The van der Waals surface area contributed by atoms with E-state index in [9.17, 15) is 9.90 Å². The summed E-state index contributed by atoms with van der Waals surface area (Å²) >= 11 is 0. The number of imidazole rings is 1. The summed E-state index contributed by atoms with van der Waals surface area (Å²) < 4.78 is 10.00. The number of hydrogen-bond acceptors (Lipinski definition) is 5. The largest absolute Gasteiger partial charge is 0.490 e. The van der Waals surface area contributed by atoms with Gasteiger partial charge in [0.2, 0.25) is 5.91 Å². The number of amides is 1. The van der Waals surface area contributed by atoms with Gasteiger partial charge in [-0.2, -0.15) is 5.10 Å². The van der Waals surface area contributed by atoms with Crippen LogP contribution < -0.4 is 10.5 Å². The number of carbonyl (C=O) groups excluding carboxylic acids is 1. The van der Waals surface area contributed by atoms with Crippen molar-refractivity contribution in [3.05, 3.63) is 89.7 Å². The van der Waals surface area contributed by atoms with E-state index in [1.165, 1.54) is 0 Å². The van der Waals surface area contributed by atoms with Crippen molar-refractivity contribution in [2.24, 2.45) is 12.8 Å². The Bertz CT molecular complexity index is 1670. The van der Waals surface area contributed by atoms with E-state index in [0.29, 0.717) is 17.9 Å². The smallest absolute Gasteiger partial charge is 0.248 e. The summed E-state index contributed by atoms with van der Waals surface area (Å²) in [6, 6.07) is 20.8. The van der Waals surface area contributed by atoms with Crippen molar-refractivity contribution in [3.8, 4) is 28.4 Å². The number of aliphatic hydroxyl groups excluding tert-OH is 1. The first-order chi connectivity index (χ1) is 19.1. The van der Waals surface area contributed by atoms with Crippen molar-refractivity contribution < 1.29 is 14.6 Å². The van der Waals surface area contributed by atoms with Gasteiger partial charge in [0, 0.05) is 35.5 Å². The molecule has 5 rings (SSSR count). The quantitative estimate of drug-likeness (QED) is 0.245. The third kappa shape index (κ3) is 5.22. The molecule has 0 radical (unpaired) electrons. The maximum absolute atomic E-state index is 11.9. The molecule has 0 saturated heterocycles. The minimum absolute atomic E-state index is 0.1000. The number of nitrogens with zero attached hydrogens (tertiary/aromatic N) is 4. The van der Waals surface area contributed by atoms with Crippen LogP contribution >= 0.6 is 0 Å². The first kappa shape index (κ1) is 27.1. The molecule has 206 valence electrons. The maximum atomic E-state index is 11.9. The van der Waals surface area contributed by atoms with E-state index < -0.39 is 12.0 Å². The van der Waals surface area contributed by atoms with E-state index in [1.54, 1.807) is 16.8 Å². The fourth-order valence-corrected chi connectivity index (χ4v) is 5.17. The van der Waals surface area contributed by atoms with E-state index >= 15 is 0 Å². The van der Waals surface area contributed by atoms with Gasteiger partial charge in [0.25, 0.3) is 0 Å². The zero-order chi connectivity index (χ0) is 28.6. The number of primary amides is 1. The molecule has 0 spiro atoms. The number of hydrogen-bond donors (Lipinski definition) is 2. The maximum Gasteiger partial charge on any atom is 0.248 e. The molecule has 5 aromatic rings. The molecule has 0 bridgehead atoms. The van der Waals surface area contributed by atoms with Crippen molar-refractivity contribution in [2.75, 3.05) is 0 Å². The van der Waals surface area contributed by atoms with E-state index in [1.807, 2.05) is 75.6 Å². The molecule has 3 N–H and O–H groups in total. The minimum Gasteiger partial charge on any atom is -0.490 e. The van der Waals surface area contributed by atoms with Crippen molar-refractivity contribution >= 4 is 16.8 Å². The third-order valence-corrected chi connectivity index (χ3v) is 6.95. The van der Waals surface area contributed by atoms with Gasteiger partial charge in [0.15, 0.2) is 0 Å². The van der Waals surface area contributed by atoms with Crippen molar-refractivity contribution in [3.63, 3.8) is 0 Å². The number of benzene rings is 3. The van der Waals surface area contributed by atoms with Crippen LogP contribution in [0.1, 0.15) is 61.3 Å². The zero-order valence-corrected chi connectivity index (χ0v) is 23.5. The first-order valence-corrected chi connectivity index (χ1v) is 13.5. The van der Waals surface area contributed by atoms with Gasteiger partial charge in [0.1, 0.15) is 11.6 Å². The Kier molecular flexibility index (Phi) is 7.45. The average molecular weight is 538 g/mol. The lowest BCUT2D eigenvalue weighted by Crippen LogP contribution is -2.13. The first-order valence-electron chi connectivity index (χ1n) is 13.5. The fraction of sp³-hybridized carbons (Fsp3) is 0.281. The molecule has 2 aromatic heterocycles. The lowest BCUT2D eigenvalue weighted by atomic mass is 10.0. The van der Waals surface area contributed by atoms with Crippen LogP contribution in [0.4, 0.5) is 0 Å². The molecule has 40 heavy (non-hydrogen) atoms. The van der Waals surface area contributed by atoms with Gasteiger partial charge in [-0.3, -0.25) is 9.48 Å². The van der Waals surface area contributed by atoms with Gasteiger partial charge in [-0.05, 0) is 49.6 Å². The van der Waals surface area contributed by atoms with Gasteiger partial charge < -0.3 is 20.1 Å². The van der Waals surface area contributed by atoms with Gasteiger partial charge >= 0.3 is 0 Å². The summed E-state index contributed by atoms with van der Waals surface area (Å²) in [6.45, 7) is 8.51. The highest BCUT2D eigenvalue weighted by Gasteiger charge is 2.24. The molecule has 3 aromatic carbocycles. The lowest BCUT2D eigenvalue weighted by Gasteiger charge is -2.16. The number of aromatic nitrogens is 4. The predicted octanol–water partition coefficient (Wildman–Crippen LogP) is 5.85. The molecular formula is C32H35N5O3. The van der Waals surface area contributed by atoms with E-state index in [4.69, 9.17) is 20.6 Å². The Morgan fingerprint density at radius 3 is 2.42 bits per heavy atom. The highest BCUT2D eigenvalue weighted by atomic mass is 16.5. The molecule has 0 aliphatic heterocycles. The van der Waals surface area contributed by atoms with Gasteiger partial charge in [0.05, 0.1) is 35.5 Å². The Morgan fingerprint density at radius 2 is 1.75 bits per heavy atom. The molecule has 0 aliphatic carbocycles. The number of aliphatic hydroxyl groups is 1. The third-order valence-electron chi connectivity index (χ3n) is 6.95. The summed E-state index contributed by atoms with van der Waals surface area (Å²) in [6.07, 6.45) is 1.20.